The first-order valence-corrected chi connectivity index (χ1v) is 23.1. The van der Waals surface area contributed by atoms with E-state index in [1.54, 1.807) is 0 Å². The zero-order chi connectivity index (χ0) is 44.1. The van der Waals surface area contributed by atoms with Crippen LogP contribution in [0.3, 0.4) is 0 Å². The first-order valence-electron chi connectivity index (χ1n) is 23.1. The highest BCUT2D eigenvalue weighted by atomic mass is 16.6. The van der Waals surface area contributed by atoms with Gasteiger partial charge in [-0.1, -0.05) is 153 Å². The average Bonchev–Trinajstić information content (AvgIpc) is 4.33. The summed E-state index contributed by atoms with van der Waals surface area (Å²) in [5.41, 5.74) is 13.8. The molecule has 2 unspecified atom stereocenters. The Bertz CT molecular complexity index is 2710. The summed E-state index contributed by atoms with van der Waals surface area (Å²) in [6.07, 6.45) is 0.410. The fourth-order valence-electron chi connectivity index (χ4n) is 10.5. The van der Waals surface area contributed by atoms with E-state index in [1.807, 2.05) is 0 Å². The van der Waals surface area contributed by atoms with E-state index in [0.29, 0.717) is 26.4 Å². The Labute approximate surface area is 386 Å². The molecule has 66 heavy (non-hydrogen) atoms. The molecule has 0 spiro atoms. The average molecular weight is 867 g/mol. The van der Waals surface area contributed by atoms with Gasteiger partial charge in [0.1, 0.15) is 48.4 Å². The molecular weight excluding hydrogens is 817 g/mol. The maximum Gasteiger partial charge on any atom is 0.119 e. The van der Waals surface area contributed by atoms with Gasteiger partial charge in [-0.15, -0.1) is 0 Å². The summed E-state index contributed by atoms with van der Waals surface area (Å²) in [5, 5.41) is 0. The number of rotatable bonds is 16. The Morgan fingerprint density at radius 3 is 0.909 bits per heavy atom. The fourth-order valence-corrected chi connectivity index (χ4v) is 10.5. The Kier molecular flexibility index (Phi) is 10.2. The molecule has 0 amide bonds. The minimum absolute atomic E-state index is 0.142. The van der Waals surface area contributed by atoms with Gasteiger partial charge >= 0.3 is 0 Å². The molecule has 6 nitrogen and oxygen atoms in total. The van der Waals surface area contributed by atoms with Crippen LogP contribution in [0, 0.1) is 5.92 Å². The third-order valence-electron chi connectivity index (χ3n) is 13.8. The van der Waals surface area contributed by atoms with Crippen molar-refractivity contribution in [1.29, 1.82) is 0 Å². The number of benzene rings is 8. The summed E-state index contributed by atoms with van der Waals surface area (Å²) < 4.78 is 35.8. The summed E-state index contributed by atoms with van der Waals surface area (Å²) in [4.78, 5) is 0. The summed E-state index contributed by atoms with van der Waals surface area (Å²) in [6.45, 7) is 5.90. The lowest BCUT2D eigenvalue weighted by molar-refractivity contribution is 0.188. The van der Waals surface area contributed by atoms with E-state index in [1.165, 1.54) is 66.8 Å². The number of hydrogen-bond donors (Lipinski definition) is 0. The Morgan fingerprint density at radius 2 is 0.636 bits per heavy atom. The summed E-state index contributed by atoms with van der Waals surface area (Å²) in [6, 6.07) is 69.8. The summed E-state index contributed by atoms with van der Waals surface area (Å²) in [7, 11) is 0. The molecule has 2 aliphatic heterocycles. The molecule has 2 aliphatic carbocycles. The standard InChI is InChI=1S/C60H50O6/c1-40(34-61-45-26-18-41(19-27-45)59(43-22-30-47(31-23-43)63-36-49-38-65-49)55-14-6-2-10-51(55)52-11-3-7-15-56(52)59)35-62-46-28-20-42(21-29-46)60(44-24-32-48(33-25-44)64-37-50-39-66-50)57-16-8-4-12-53(57)54-13-5-9-17-58(54)60/h2-33,40,49-50H,34-39H2,1H3. The van der Waals surface area contributed by atoms with Gasteiger partial charge in [-0.3, -0.25) is 0 Å². The van der Waals surface area contributed by atoms with Crippen molar-refractivity contribution in [2.75, 3.05) is 39.6 Å². The highest BCUT2D eigenvalue weighted by Crippen LogP contribution is 2.58. The van der Waals surface area contributed by atoms with Gasteiger partial charge in [-0.2, -0.15) is 0 Å². The van der Waals surface area contributed by atoms with Gasteiger partial charge in [0.05, 0.1) is 37.3 Å². The zero-order valence-electron chi connectivity index (χ0n) is 36.9. The van der Waals surface area contributed by atoms with Crippen LogP contribution < -0.4 is 18.9 Å². The molecule has 0 N–H and O–H groups in total. The van der Waals surface area contributed by atoms with Crippen molar-refractivity contribution in [3.05, 3.63) is 239 Å². The molecule has 8 aromatic rings. The van der Waals surface area contributed by atoms with Crippen molar-refractivity contribution in [1.82, 2.24) is 0 Å². The van der Waals surface area contributed by atoms with Gasteiger partial charge in [0.15, 0.2) is 0 Å². The van der Waals surface area contributed by atoms with Crippen LogP contribution in [0.15, 0.2) is 194 Å². The van der Waals surface area contributed by atoms with E-state index in [9.17, 15) is 0 Å². The lowest BCUT2D eigenvalue weighted by Gasteiger charge is -2.34. The summed E-state index contributed by atoms with van der Waals surface area (Å²) >= 11 is 0. The van der Waals surface area contributed by atoms with Crippen molar-refractivity contribution >= 4 is 0 Å². The first-order chi connectivity index (χ1) is 32.6. The number of fused-ring (bicyclic) bond motifs is 6. The van der Waals surface area contributed by atoms with Crippen molar-refractivity contribution in [3.8, 4) is 45.3 Å². The molecule has 2 fully saturated rings. The normalized spacial score (nSPS) is 18.0. The van der Waals surface area contributed by atoms with Crippen LogP contribution >= 0.6 is 0 Å². The molecule has 4 aliphatic rings. The van der Waals surface area contributed by atoms with Crippen LogP contribution in [-0.4, -0.2) is 51.8 Å². The second-order valence-corrected chi connectivity index (χ2v) is 18.0. The first kappa shape index (κ1) is 40.4. The lowest BCUT2D eigenvalue weighted by Crippen LogP contribution is -2.28. The predicted octanol–water partition coefficient (Wildman–Crippen LogP) is 12.1. The molecular formula is C60H50O6. The van der Waals surface area contributed by atoms with E-state index in [2.05, 4.69) is 201 Å². The quantitative estimate of drug-likeness (QED) is 0.0902. The number of ether oxygens (including phenoxy) is 6. The van der Waals surface area contributed by atoms with Gasteiger partial charge in [-0.25, -0.2) is 0 Å². The van der Waals surface area contributed by atoms with E-state index < -0.39 is 10.8 Å². The van der Waals surface area contributed by atoms with Crippen LogP contribution in [0.4, 0.5) is 0 Å². The molecule has 0 radical (unpaired) electrons. The van der Waals surface area contributed by atoms with E-state index in [0.717, 1.165) is 36.2 Å². The van der Waals surface area contributed by atoms with Gasteiger partial charge in [-0.05, 0) is 115 Å². The van der Waals surface area contributed by atoms with E-state index >= 15 is 0 Å². The SMILES string of the molecule is CC(COc1ccc(C2(c3ccc(OCC4CO4)cc3)c3ccccc3-c3ccccc32)cc1)COc1ccc(C2(c3ccc(OCC4CO4)cc3)c3ccccc3-c3ccccc32)cc1. The predicted molar refractivity (Wildman–Crippen MR) is 258 cm³/mol. The van der Waals surface area contributed by atoms with Crippen LogP contribution in [0.1, 0.15) is 51.4 Å². The molecule has 0 bridgehead atoms. The molecule has 2 atom stereocenters. The minimum Gasteiger partial charge on any atom is -0.493 e. The maximum atomic E-state index is 6.45. The highest BCUT2D eigenvalue weighted by Gasteiger charge is 2.47. The second kappa shape index (κ2) is 16.7. The van der Waals surface area contributed by atoms with Crippen molar-refractivity contribution in [3.63, 3.8) is 0 Å². The second-order valence-electron chi connectivity index (χ2n) is 18.0. The highest BCUT2D eigenvalue weighted by molar-refractivity contribution is 5.87. The number of hydrogen-bond acceptors (Lipinski definition) is 6. The van der Waals surface area contributed by atoms with Crippen molar-refractivity contribution < 1.29 is 28.4 Å². The molecule has 326 valence electrons. The molecule has 8 aromatic carbocycles. The minimum atomic E-state index is -0.504. The zero-order valence-corrected chi connectivity index (χ0v) is 36.9. The van der Waals surface area contributed by atoms with Crippen LogP contribution in [0.2, 0.25) is 0 Å². The van der Waals surface area contributed by atoms with Crippen molar-refractivity contribution in [2.45, 2.75) is 30.0 Å². The molecule has 2 saturated heterocycles. The number of epoxide rings is 2. The molecule has 6 heteroatoms. The van der Waals surface area contributed by atoms with Crippen LogP contribution in [0.25, 0.3) is 22.3 Å². The maximum absolute atomic E-state index is 6.45. The largest absolute Gasteiger partial charge is 0.493 e. The van der Waals surface area contributed by atoms with Crippen molar-refractivity contribution in [2.24, 2.45) is 5.92 Å². The monoisotopic (exact) mass is 866 g/mol. The van der Waals surface area contributed by atoms with Crippen LogP contribution in [0.5, 0.6) is 23.0 Å². The third-order valence-corrected chi connectivity index (χ3v) is 13.8. The van der Waals surface area contributed by atoms with Gasteiger partial charge in [0, 0.05) is 5.92 Å². The van der Waals surface area contributed by atoms with E-state index in [-0.39, 0.29) is 18.1 Å². The molecule has 2 heterocycles. The summed E-state index contributed by atoms with van der Waals surface area (Å²) in [5.74, 6) is 3.50. The Morgan fingerprint density at radius 1 is 0.379 bits per heavy atom. The van der Waals surface area contributed by atoms with Crippen LogP contribution in [-0.2, 0) is 20.3 Å². The fraction of sp³-hybridized carbons (Fsp3) is 0.200. The smallest absolute Gasteiger partial charge is 0.119 e. The molecule has 0 saturated carbocycles. The van der Waals surface area contributed by atoms with E-state index in [4.69, 9.17) is 28.4 Å². The molecule has 12 rings (SSSR count). The Hall–Kier alpha value is -7.12. The van der Waals surface area contributed by atoms with Gasteiger partial charge < -0.3 is 28.4 Å². The Balaban J connectivity index is 0.763. The van der Waals surface area contributed by atoms with Gasteiger partial charge in [0.2, 0.25) is 0 Å². The lowest BCUT2D eigenvalue weighted by atomic mass is 9.68. The third kappa shape index (κ3) is 7.04. The molecule has 0 aromatic heterocycles. The topological polar surface area (TPSA) is 62.0 Å². The van der Waals surface area contributed by atoms with Gasteiger partial charge in [0.25, 0.3) is 0 Å².